The van der Waals surface area contributed by atoms with Crippen molar-refractivity contribution in [2.24, 2.45) is 0 Å². The van der Waals surface area contributed by atoms with E-state index >= 15 is 0 Å². The summed E-state index contributed by atoms with van der Waals surface area (Å²) < 4.78 is 0. The van der Waals surface area contributed by atoms with Crippen LogP contribution < -0.4 is 26.6 Å². The van der Waals surface area contributed by atoms with Gasteiger partial charge in [-0.15, -0.1) is 0 Å². The Labute approximate surface area is 301 Å². The molecule has 16 nitrogen and oxygen atoms in total. The highest BCUT2D eigenvalue weighted by atomic mass is 16.4. The lowest BCUT2D eigenvalue weighted by Gasteiger charge is -2.18. The number of unbranched alkanes of at least 4 members (excludes halogenated alkanes) is 13. The molecule has 0 aliphatic carbocycles. The number of carboxylic acid groups (broad SMARTS) is 2. The van der Waals surface area contributed by atoms with E-state index < -0.39 is 66.8 Å². The minimum atomic E-state index is -1.38. The van der Waals surface area contributed by atoms with Crippen molar-refractivity contribution in [1.29, 1.82) is 0 Å². The number of carboxylic acids is 2. The third kappa shape index (κ3) is 28.6. The number of carbonyl (C=O) groups excluding carboxylic acids is 5. The number of hydrogen-bond acceptors (Lipinski definition) is 9. The minimum Gasteiger partial charge on any atom is -0.481 e. The summed E-state index contributed by atoms with van der Waals surface area (Å²) in [4.78, 5) is 82.7. The molecule has 0 fully saturated rings. The van der Waals surface area contributed by atoms with E-state index in [2.05, 4.69) is 26.6 Å². The van der Waals surface area contributed by atoms with Crippen LogP contribution in [0.25, 0.3) is 0 Å². The van der Waals surface area contributed by atoms with Crippen molar-refractivity contribution in [3.05, 3.63) is 0 Å². The molecule has 294 valence electrons. The monoisotopic (exact) mass is 729 g/mol. The minimum absolute atomic E-state index is 0.0255. The number of aliphatic carboxylic acids is 2. The summed E-state index contributed by atoms with van der Waals surface area (Å²) in [5, 5.41) is 48.6. The number of carbonyl (C=O) groups is 7. The maximum atomic E-state index is 12.3. The average molecular weight is 730 g/mol. The second kappa shape index (κ2) is 31.0. The van der Waals surface area contributed by atoms with Crippen LogP contribution in [0.4, 0.5) is 0 Å². The Bertz CT molecular complexity index is 1040. The third-order valence-corrected chi connectivity index (χ3v) is 8.18. The molecule has 0 radical (unpaired) electrons. The Morgan fingerprint density at radius 3 is 1.45 bits per heavy atom. The van der Waals surface area contributed by atoms with Crippen LogP contribution in [0.2, 0.25) is 0 Å². The van der Waals surface area contributed by atoms with Gasteiger partial charge in [0, 0.05) is 38.3 Å². The third-order valence-electron chi connectivity index (χ3n) is 8.18. The Morgan fingerprint density at radius 2 is 0.961 bits per heavy atom. The fraction of sp³-hybridized carbons (Fsp3) is 0.800. The van der Waals surface area contributed by atoms with Crippen LogP contribution in [-0.4, -0.2) is 106 Å². The first-order valence-electron chi connectivity index (χ1n) is 18.5. The standard InChI is InChI=1S/C35H63N5O11/c1-26(24-41)38-32(46)23-37-34(49)28(25-42)40-31(45)21-20-27(35(50)51)39-30(44)18-16-22-36-29(43)17-14-12-10-8-6-4-2-3-5-7-9-11-13-15-19-33(47)48/h26-28,41-42H,2-25H2,1H3,(H,36,43)(H,37,49)(H,38,46)(H,39,44)(H,40,45)(H,47,48)(H,50,51)/t26-,27+,28+/m1/s1. The zero-order chi connectivity index (χ0) is 38.3. The average Bonchev–Trinajstić information content (AvgIpc) is 3.09. The zero-order valence-corrected chi connectivity index (χ0v) is 30.3. The molecule has 0 saturated carbocycles. The van der Waals surface area contributed by atoms with Gasteiger partial charge in [0.25, 0.3) is 0 Å². The molecule has 0 aromatic carbocycles. The molecule has 9 N–H and O–H groups in total. The first-order valence-corrected chi connectivity index (χ1v) is 18.5. The molecule has 0 aromatic heterocycles. The van der Waals surface area contributed by atoms with Crippen molar-refractivity contribution in [2.75, 3.05) is 26.3 Å². The molecule has 0 heterocycles. The Hall–Kier alpha value is -3.79. The lowest BCUT2D eigenvalue weighted by atomic mass is 10.0. The van der Waals surface area contributed by atoms with Gasteiger partial charge in [-0.3, -0.25) is 28.8 Å². The molecule has 0 aliphatic rings. The number of rotatable bonds is 33. The summed E-state index contributed by atoms with van der Waals surface area (Å²) in [6.07, 6.45) is 15.7. The van der Waals surface area contributed by atoms with Gasteiger partial charge in [0.15, 0.2) is 0 Å². The highest BCUT2D eigenvalue weighted by molar-refractivity contribution is 5.91. The van der Waals surface area contributed by atoms with Gasteiger partial charge in [0.2, 0.25) is 29.5 Å². The summed E-state index contributed by atoms with van der Waals surface area (Å²) in [5.41, 5.74) is 0. The van der Waals surface area contributed by atoms with Crippen molar-refractivity contribution in [2.45, 2.75) is 153 Å². The van der Waals surface area contributed by atoms with E-state index in [1.807, 2.05) is 0 Å². The summed E-state index contributed by atoms with van der Waals surface area (Å²) >= 11 is 0. The number of aliphatic hydroxyl groups is 2. The van der Waals surface area contributed by atoms with Gasteiger partial charge in [-0.05, 0) is 32.6 Å². The maximum Gasteiger partial charge on any atom is 0.326 e. The predicted octanol–water partition coefficient (Wildman–Crippen LogP) is 1.65. The molecule has 5 amide bonds. The van der Waals surface area contributed by atoms with Crippen LogP contribution in [0.3, 0.4) is 0 Å². The number of hydrogen-bond donors (Lipinski definition) is 9. The SMILES string of the molecule is C[C@H](CO)NC(=O)CNC(=O)[C@H](CO)NC(=O)CC[C@H](NC(=O)CCCNC(=O)CCCCCCCCCCCCCCCCC(=O)O)C(=O)O. The molecular formula is C35H63N5O11. The lowest BCUT2D eigenvalue weighted by Crippen LogP contribution is -2.51. The van der Waals surface area contributed by atoms with Gasteiger partial charge < -0.3 is 47.0 Å². The largest absolute Gasteiger partial charge is 0.481 e. The van der Waals surface area contributed by atoms with E-state index in [-0.39, 0.29) is 44.7 Å². The van der Waals surface area contributed by atoms with Crippen LogP contribution in [0, 0.1) is 0 Å². The Kier molecular flexibility index (Phi) is 28.7. The fourth-order valence-electron chi connectivity index (χ4n) is 5.17. The van der Waals surface area contributed by atoms with E-state index in [0.29, 0.717) is 12.8 Å². The second-order valence-electron chi connectivity index (χ2n) is 13.0. The highest BCUT2D eigenvalue weighted by Gasteiger charge is 2.24. The summed E-state index contributed by atoms with van der Waals surface area (Å²) in [7, 11) is 0. The Balaban J connectivity index is 3.98. The first-order chi connectivity index (χ1) is 24.4. The van der Waals surface area contributed by atoms with Crippen molar-refractivity contribution < 1.29 is 54.0 Å². The second-order valence-corrected chi connectivity index (χ2v) is 13.0. The summed E-state index contributed by atoms with van der Waals surface area (Å²) in [6.45, 7) is 0.310. The van der Waals surface area contributed by atoms with Gasteiger partial charge >= 0.3 is 11.9 Å². The van der Waals surface area contributed by atoms with E-state index in [9.17, 15) is 43.8 Å². The van der Waals surface area contributed by atoms with Gasteiger partial charge in [0.1, 0.15) is 12.1 Å². The highest BCUT2D eigenvalue weighted by Crippen LogP contribution is 2.14. The number of nitrogens with one attached hydrogen (secondary N) is 5. The molecule has 0 aromatic rings. The Morgan fingerprint density at radius 1 is 0.490 bits per heavy atom. The predicted molar refractivity (Wildman–Crippen MR) is 189 cm³/mol. The van der Waals surface area contributed by atoms with Crippen LogP contribution >= 0.6 is 0 Å². The molecule has 16 heteroatoms. The maximum absolute atomic E-state index is 12.3. The molecule has 0 spiro atoms. The van der Waals surface area contributed by atoms with Crippen LogP contribution in [0.1, 0.15) is 135 Å². The van der Waals surface area contributed by atoms with Gasteiger partial charge in [-0.1, -0.05) is 77.0 Å². The molecule has 0 unspecified atom stereocenters. The van der Waals surface area contributed by atoms with Crippen molar-refractivity contribution in [1.82, 2.24) is 26.6 Å². The van der Waals surface area contributed by atoms with Crippen LogP contribution in [0.5, 0.6) is 0 Å². The van der Waals surface area contributed by atoms with Crippen molar-refractivity contribution in [3.8, 4) is 0 Å². The number of aliphatic hydroxyl groups excluding tert-OH is 2. The van der Waals surface area contributed by atoms with Gasteiger partial charge in [-0.2, -0.15) is 0 Å². The quantitative estimate of drug-likeness (QED) is 0.0439. The van der Waals surface area contributed by atoms with E-state index in [4.69, 9.17) is 10.2 Å². The van der Waals surface area contributed by atoms with Gasteiger partial charge in [-0.25, -0.2) is 4.79 Å². The normalized spacial score (nSPS) is 12.6. The molecular weight excluding hydrogens is 666 g/mol. The lowest BCUT2D eigenvalue weighted by molar-refractivity contribution is -0.142. The topological polar surface area (TPSA) is 261 Å². The number of amides is 5. The molecule has 51 heavy (non-hydrogen) atoms. The van der Waals surface area contributed by atoms with Crippen molar-refractivity contribution >= 4 is 41.5 Å². The fourth-order valence-corrected chi connectivity index (χ4v) is 5.17. The van der Waals surface area contributed by atoms with E-state index in [1.165, 1.54) is 44.9 Å². The zero-order valence-electron chi connectivity index (χ0n) is 30.3. The molecule has 0 bridgehead atoms. The van der Waals surface area contributed by atoms with Crippen molar-refractivity contribution in [3.63, 3.8) is 0 Å². The summed E-state index contributed by atoms with van der Waals surface area (Å²) in [6, 6.07) is -3.27. The van der Waals surface area contributed by atoms with E-state index in [1.54, 1.807) is 6.92 Å². The van der Waals surface area contributed by atoms with Crippen LogP contribution in [0.15, 0.2) is 0 Å². The molecule has 0 aliphatic heterocycles. The van der Waals surface area contributed by atoms with Gasteiger partial charge in [0.05, 0.1) is 19.8 Å². The van der Waals surface area contributed by atoms with Crippen LogP contribution in [-0.2, 0) is 33.6 Å². The molecule has 0 saturated heterocycles. The molecule has 3 atom stereocenters. The summed E-state index contributed by atoms with van der Waals surface area (Å²) in [5.74, 6) is -4.87. The first kappa shape index (κ1) is 47.2. The smallest absolute Gasteiger partial charge is 0.326 e. The molecule has 0 rings (SSSR count). The van der Waals surface area contributed by atoms with E-state index in [0.717, 1.165) is 44.9 Å².